The molecule has 8 heteroatoms. The van der Waals surface area contributed by atoms with E-state index >= 15 is 0 Å². The number of hydrogen-bond donors (Lipinski definition) is 0. The summed E-state index contributed by atoms with van der Waals surface area (Å²) in [5.41, 5.74) is 3.22. The van der Waals surface area contributed by atoms with Gasteiger partial charge >= 0.3 is 5.97 Å². The van der Waals surface area contributed by atoms with E-state index in [0.29, 0.717) is 46.7 Å². The van der Waals surface area contributed by atoms with Crippen molar-refractivity contribution in [2.75, 3.05) is 21.3 Å². The average molecular weight is 396 g/mol. The number of aryl methyl sites for hydroxylation is 1. The molecule has 0 amide bonds. The standard InChI is InChI=1S/C21H20N2O6/c1-12-14(11-23-15-7-8-28-18(15)10-16(23)21(24)27-4)22-20(29-12)13-5-6-17(25-2)19(9-13)26-3/h5-10H,11H2,1-4H3. The summed E-state index contributed by atoms with van der Waals surface area (Å²) in [5, 5.41) is 0. The maximum atomic E-state index is 12.2. The number of fused-ring (bicyclic) bond motifs is 1. The number of carbonyl (C=O) groups is 1. The number of methoxy groups -OCH3 is 3. The SMILES string of the molecule is COC(=O)c1cc2occc2n1Cc1nc(-c2ccc(OC)c(OC)c2)oc1C. The topological polar surface area (TPSA) is 88.9 Å². The van der Waals surface area contributed by atoms with Gasteiger partial charge in [-0.3, -0.25) is 0 Å². The molecule has 29 heavy (non-hydrogen) atoms. The van der Waals surface area contributed by atoms with Crippen LogP contribution in [0.3, 0.4) is 0 Å². The van der Waals surface area contributed by atoms with Gasteiger partial charge in [-0.25, -0.2) is 9.78 Å². The van der Waals surface area contributed by atoms with Gasteiger partial charge in [-0.15, -0.1) is 0 Å². The molecule has 0 bridgehead atoms. The van der Waals surface area contributed by atoms with E-state index in [1.807, 2.05) is 13.0 Å². The van der Waals surface area contributed by atoms with Gasteiger partial charge < -0.3 is 27.6 Å². The summed E-state index contributed by atoms with van der Waals surface area (Å²) >= 11 is 0. The fourth-order valence-corrected chi connectivity index (χ4v) is 3.24. The lowest BCUT2D eigenvalue weighted by Gasteiger charge is -2.08. The number of benzene rings is 1. The van der Waals surface area contributed by atoms with Crippen molar-refractivity contribution in [3.05, 3.63) is 53.7 Å². The molecule has 150 valence electrons. The maximum absolute atomic E-state index is 12.2. The minimum absolute atomic E-state index is 0.329. The number of ether oxygens (including phenoxy) is 3. The third kappa shape index (κ3) is 3.22. The summed E-state index contributed by atoms with van der Waals surface area (Å²) in [6, 6.07) is 8.90. The van der Waals surface area contributed by atoms with Crippen molar-refractivity contribution >= 4 is 17.1 Å². The van der Waals surface area contributed by atoms with Gasteiger partial charge in [0.15, 0.2) is 17.1 Å². The molecule has 0 N–H and O–H groups in total. The Morgan fingerprint density at radius 2 is 1.90 bits per heavy atom. The minimum Gasteiger partial charge on any atom is -0.493 e. The van der Waals surface area contributed by atoms with E-state index in [-0.39, 0.29) is 0 Å². The highest BCUT2D eigenvalue weighted by Crippen LogP contribution is 2.33. The lowest BCUT2D eigenvalue weighted by atomic mass is 10.2. The molecule has 0 aliphatic carbocycles. The van der Waals surface area contributed by atoms with Crippen molar-refractivity contribution in [1.82, 2.24) is 9.55 Å². The van der Waals surface area contributed by atoms with E-state index in [0.717, 1.165) is 11.1 Å². The average Bonchev–Trinajstić information content (AvgIpc) is 3.43. The Hall–Kier alpha value is -3.68. The number of carbonyl (C=O) groups excluding carboxylic acids is 1. The molecule has 0 aliphatic rings. The second kappa shape index (κ2) is 7.38. The number of oxazole rings is 1. The molecule has 0 saturated heterocycles. The molecule has 3 heterocycles. The monoisotopic (exact) mass is 396 g/mol. The molecule has 0 fully saturated rings. The third-order valence-corrected chi connectivity index (χ3v) is 4.75. The van der Waals surface area contributed by atoms with E-state index in [9.17, 15) is 4.79 Å². The Morgan fingerprint density at radius 1 is 1.10 bits per heavy atom. The maximum Gasteiger partial charge on any atom is 0.354 e. The molecule has 0 spiro atoms. The van der Waals surface area contributed by atoms with Crippen molar-refractivity contribution in [1.29, 1.82) is 0 Å². The van der Waals surface area contributed by atoms with Gasteiger partial charge in [0.25, 0.3) is 0 Å². The third-order valence-electron chi connectivity index (χ3n) is 4.75. The predicted molar refractivity (Wildman–Crippen MR) is 104 cm³/mol. The molecular formula is C21H20N2O6. The van der Waals surface area contributed by atoms with Crippen LogP contribution >= 0.6 is 0 Å². The molecule has 1 aromatic carbocycles. The highest BCUT2D eigenvalue weighted by Gasteiger charge is 2.21. The number of esters is 1. The number of rotatable bonds is 6. The predicted octanol–water partition coefficient (Wildman–Crippen LogP) is 4.05. The van der Waals surface area contributed by atoms with Crippen LogP contribution < -0.4 is 9.47 Å². The van der Waals surface area contributed by atoms with E-state index in [2.05, 4.69) is 4.98 Å². The van der Waals surface area contributed by atoms with Crippen LogP contribution in [0.25, 0.3) is 22.6 Å². The highest BCUT2D eigenvalue weighted by atomic mass is 16.5. The van der Waals surface area contributed by atoms with Crippen LogP contribution in [0, 0.1) is 6.92 Å². The Balaban J connectivity index is 1.72. The summed E-state index contributed by atoms with van der Waals surface area (Å²) < 4.78 is 28.6. The van der Waals surface area contributed by atoms with Crippen LogP contribution in [-0.4, -0.2) is 36.8 Å². The number of nitrogens with zero attached hydrogens (tertiary/aromatic N) is 2. The normalized spacial score (nSPS) is 11.0. The van der Waals surface area contributed by atoms with Crippen molar-refractivity contribution < 1.29 is 27.8 Å². The fraction of sp³-hybridized carbons (Fsp3) is 0.238. The Morgan fingerprint density at radius 3 is 2.62 bits per heavy atom. The largest absolute Gasteiger partial charge is 0.493 e. The zero-order valence-corrected chi connectivity index (χ0v) is 16.5. The van der Waals surface area contributed by atoms with Crippen LogP contribution in [0.4, 0.5) is 0 Å². The summed E-state index contributed by atoms with van der Waals surface area (Å²) in [7, 11) is 4.50. The summed E-state index contributed by atoms with van der Waals surface area (Å²) in [6.45, 7) is 2.16. The molecule has 0 radical (unpaired) electrons. The van der Waals surface area contributed by atoms with Crippen molar-refractivity contribution in [3.63, 3.8) is 0 Å². The second-order valence-corrected chi connectivity index (χ2v) is 6.37. The smallest absolute Gasteiger partial charge is 0.354 e. The van der Waals surface area contributed by atoms with Gasteiger partial charge in [0.1, 0.15) is 17.1 Å². The Kier molecular flexibility index (Phi) is 4.75. The van der Waals surface area contributed by atoms with Gasteiger partial charge in [-0.05, 0) is 25.1 Å². The van der Waals surface area contributed by atoms with Crippen LogP contribution in [-0.2, 0) is 11.3 Å². The summed E-state index contributed by atoms with van der Waals surface area (Å²) in [6.07, 6.45) is 1.58. The van der Waals surface area contributed by atoms with Crippen molar-refractivity contribution in [2.24, 2.45) is 0 Å². The first-order chi connectivity index (χ1) is 14.0. The molecule has 4 rings (SSSR count). The quantitative estimate of drug-likeness (QED) is 0.454. The number of hydrogen-bond acceptors (Lipinski definition) is 7. The first kappa shape index (κ1) is 18.7. The molecule has 3 aromatic heterocycles. The molecule has 8 nitrogen and oxygen atoms in total. The first-order valence-corrected chi connectivity index (χ1v) is 8.89. The van der Waals surface area contributed by atoms with Crippen molar-refractivity contribution in [2.45, 2.75) is 13.5 Å². The summed E-state index contributed by atoms with van der Waals surface area (Å²) in [4.78, 5) is 16.8. The number of aromatic nitrogens is 2. The zero-order chi connectivity index (χ0) is 20.5. The fourth-order valence-electron chi connectivity index (χ4n) is 3.24. The van der Waals surface area contributed by atoms with Crippen LogP contribution in [0.1, 0.15) is 21.9 Å². The molecular weight excluding hydrogens is 376 g/mol. The highest BCUT2D eigenvalue weighted by molar-refractivity contribution is 5.94. The Labute approximate surface area is 166 Å². The molecule has 0 saturated carbocycles. The van der Waals surface area contributed by atoms with Crippen LogP contribution in [0.15, 0.2) is 45.4 Å². The lowest BCUT2D eigenvalue weighted by molar-refractivity contribution is 0.0589. The molecule has 0 aliphatic heterocycles. The van der Waals surface area contributed by atoms with Gasteiger partial charge in [0.05, 0.1) is 39.7 Å². The van der Waals surface area contributed by atoms with Crippen LogP contribution in [0.5, 0.6) is 11.5 Å². The first-order valence-electron chi connectivity index (χ1n) is 8.89. The molecule has 0 unspecified atom stereocenters. The van der Waals surface area contributed by atoms with Gasteiger partial charge in [0.2, 0.25) is 5.89 Å². The number of furan rings is 1. The van der Waals surface area contributed by atoms with Gasteiger partial charge in [-0.2, -0.15) is 0 Å². The van der Waals surface area contributed by atoms with Gasteiger partial charge in [-0.1, -0.05) is 0 Å². The minimum atomic E-state index is -0.447. The Bertz CT molecular complexity index is 1180. The molecule has 4 aromatic rings. The van der Waals surface area contributed by atoms with E-state index in [1.165, 1.54) is 7.11 Å². The van der Waals surface area contributed by atoms with E-state index in [1.54, 1.807) is 49.3 Å². The van der Waals surface area contributed by atoms with Crippen LogP contribution in [0.2, 0.25) is 0 Å². The zero-order valence-electron chi connectivity index (χ0n) is 16.5. The van der Waals surface area contributed by atoms with Crippen molar-refractivity contribution in [3.8, 4) is 23.0 Å². The second-order valence-electron chi connectivity index (χ2n) is 6.37. The lowest BCUT2D eigenvalue weighted by Crippen LogP contribution is -2.12. The van der Waals surface area contributed by atoms with E-state index < -0.39 is 5.97 Å². The van der Waals surface area contributed by atoms with Gasteiger partial charge in [0, 0.05) is 17.7 Å². The van der Waals surface area contributed by atoms with E-state index in [4.69, 9.17) is 23.0 Å². The summed E-state index contributed by atoms with van der Waals surface area (Å²) in [5.74, 6) is 1.86. The molecule has 0 atom stereocenters.